The van der Waals surface area contributed by atoms with Crippen LogP contribution in [0.25, 0.3) is 0 Å². The highest BCUT2D eigenvalue weighted by Crippen LogP contribution is 2.26. The maximum Gasteiger partial charge on any atom is 0.264 e. The van der Waals surface area contributed by atoms with Crippen molar-refractivity contribution in [3.8, 4) is 5.75 Å². The topological polar surface area (TPSA) is 88.1 Å². The lowest BCUT2D eigenvalue weighted by molar-refractivity contribution is -0.119. The van der Waals surface area contributed by atoms with E-state index in [-0.39, 0.29) is 4.90 Å². The Labute approximate surface area is 215 Å². The quantitative estimate of drug-likeness (QED) is 0.276. The van der Waals surface area contributed by atoms with Crippen LogP contribution >= 0.6 is 15.9 Å². The number of amides is 1. The molecule has 0 aliphatic carbocycles. The maximum atomic E-state index is 13.4. The van der Waals surface area contributed by atoms with E-state index in [1.165, 1.54) is 18.3 Å². The predicted molar refractivity (Wildman–Crippen MR) is 142 cm³/mol. The number of carbonyl (C=O) groups excluding carboxylic acids is 1. The Morgan fingerprint density at radius 3 is 2.40 bits per heavy atom. The van der Waals surface area contributed by atoms with Crippen LogP contribution in [0.2, 0.25) is 0 Å². The standard InChI is InChI=1S/C26H28BrN3O4S/c1-19(2)18-34-24-11-9-21(10-12-24)16-28-29-26(31)17-30(23-6-4-5-22(27)15-23)35(32,33)25-13-7-20(3)8-14-25/h4-16,19H,17-18H2,1-3H3,(H,29,31)/b28-16-. The van der Waals surface area contributed by atoms with Crippen LogP contribution in [-0.4, -0.2) is 33.7 Å². The lowest BCUT2D eigenvalue weighted by Crippen LogP contribution is -2.39. The Morgan fingerprint density at radius 2 is 1.77 bits per heavy atom. The fourth-order valence-corrected chi connectivity index (χ4v) is 4.84. The number of hydrogen-bond acceptors (Lipinski definition) is 5. The minimum absolute atomic E-state index is 0.0964. The Hall–Kier alpha value is -3.17. The van der Waals surface area contributed by atoms with Gasteiger partial charge in [-0.1, -0.05) is 53.5 Å². The van der Waals surface area contributed by atoms with Gasteiger partial charge in [0, 0.05) is 4.47 Å². The number of benzene rings is 3. The molecular weight excluding hydrogens is 530 g/mol. The van der Waals surface area contributed by atoms with Crippen LogP contribution in [0.4, 0.5) is 5.69 Å². The summed E-state index contributed by atoms with van der Waals surface area (Å²) in [5.74, 6) is 0.609. The Morgan fingerprint density at radius 1 is 1.09 bits per heavy atom. The molecule has 0 heterocycles. The van der Waals surface area contributed by atoms with E-state index in [4.69, 9.17) is 4.74 Å². The summed E-state index contributed by atoms with van der Waals surface area (Å²) < 4.78 is 34.2. The number of nitrogens with zero attached hydrogens (tertiary/aromatic N) is 2. The number of anilines is 1. The van der Waals surface area contributed by atoms with Crippen molar-refractivity contribution in [2.24, 2.45) is 11.0 Å². The third kappa shape index (κ3) is 7.66. The van der Waals surface area contributed by atoms with Gasteiger partial charge >= 0.3 is 0 Å². The van der Waals surface area contributed by atoms with Crippen molar-refractivity contribution >= 4 is 43.8 Å². The molecule has 3 aromatic carbocycles. The zero-order valence-electron chi connectivity index (χ0n) is 19.8. The van der Waals surface area contributed by atoms with Gasteiger partial charge in [0.25, 0.3) is 15.9 Å². The number of carbonyl (C=O) groups is 1. The monoisotopic (exact) mass is 557 g/mol. The van der Waals surface area contributed by atoms with Gasteiger partial charge in [-0.25, -0.2) is 13.8 Å². The molecule has 3 aromatic rings. The number of halogens is 1. The van der Waals surface area contributed by atoms with Crippen LogP contribution in [0, 0.1) is 12.8 Å². The first kappa shape index (κ1) is 26.4. The first-order chi connectivity index (χ1) is 16.6. The molecule has 0 aromatic heterocycles. The molecule has 184 valence electrons. The molecule has 0 saturated heterocycles. The van der Waals surface area contributed by atoms with E-state index in [0.29, 0.717) is 22.7 Å². The summed E-state index contributed by atoms with van der Waals surface area (Å²) in [4.78, 5) is 12.8. The molecule has 0 aliphatic rings. The van der Waals surface area contributed by atoms with Crippen molar-refractivity contribution < 1.29 is 17.9 Å². The van der Waals surface area contributed by atoms with Gasteiger partial charge in [0.05, 0.1) is 23.4 Å². The number of hydrazone groups is 1. The summed E-state index contributed by atoms with van der Waals surface area (Å²) >= 11 is 3.36. The summed E-state index contributed by atoms with van der Waals surface area (Å²) in [6, 6.07) is 20.6. The lowest BCUT2D eigenvalue weighted by atomic mass is 10.2. The molecule has 0 aliphatic heterocycles. The second-order valence-electron chi connectivity index (χ2n) is 8.37. The van der Waals surface area contributed by atoms with E-state index in [0.717, 1.165) is 21.2 Å². The fourth-order valence-electron chi connectivity index (χ4n) is 3.04. The third-order valence-corrected chi connectivity index (χ3v) is 7.14. The molecule has 35 heavy (non-hydrogen) atoms. The molecular formula is C26H28BrN3O4S. The second kappa shape index (κ2) is 12.0. The molecule has 0 radical (unpaired) electrons. The van der Waals surface area contributed by atoms with Crippen LogP contribution < -0.4 is 14.5 Å². The van der Waals surface area contributed by atoms with Gasteiger partial charge in [-0.05, 0) is 73.0 Å². The Balaban J connectivity index is 1.73. The number of hydrogen-bond donors (Lipinski definition) is 1. The molecule has 1 amide bonds. The lowest BCUT2D eigenvalue weighted by Gasteiger charge is -2.24. The van der Waals surface area contributed by atoms with Gasteiger partial charge in [0.1, 0.15) is 12.3 Å². The summed E-state index contributed by atoms with van der Waals surface area (Å²) in [5, 5.41) is 3.98. The molecule has 0 spiro atoms. The van der Waals surface area contributed by atoms with Gasteiger partial charge in [0.15, 0.2) is 0 Å². The molecule has 0 fully saturated rings. The van der Waals surface area contributed by atoms with Crippen LogP contribution in [0.3, 0.4) is 0 Å². The average molecular weight is 558 g/mol. The molecule has 0 atom stereocenters. The highest BCUT2D eigenvalue weighted by Gasteiger charge is 2.27. The molecule has 3 rings (SSSR count). The summed E-state index contributed by atoms with van der Waals surface area (Å²) in [6.07, 6.45) is 1.49. The van der Waals surface area contributed by atoms with Crippen molar-refractivity contribution in [3.05, 3.63) is 88.4 Å². The van der Waals surface area contributed by atoms with Crippen molar-refractivity contribution in [1.29, 1.82) is 0 Å². The average Bonchev–Trinajstić information content (AvgIpc) is 2.82. The number of sulfonamides is 1. The summed E-state index contributed by atoms with van der Waals surface area (Å²) in [5.41, 5.74) is 4.47. The van der Waals surface area contributed by atoms with Gasteiger partial charge in [-0.2, -0.15) is 5.10 Å². The Bertz CT molecular complexity index is 1270. The first-order valence-corrected chi connectivity index (χ1v) is 13.3. The van der Waals surface area contributed by atoms with E-state index in [9.17, 15) is 13.2 Å². The molecule has 9 heteroatoms. The molecule has 0 saturated carbocycles. The molecule has 7 nitrogen and oxygen atoms in total. The predicted octanol–water partition coefficient (Wildman–Crippen LogP) is 5.14. The zero-order chi connectivity index (χ0) is 25.4. The van der Waals surface area contributed by atoms with E-state index in [2.05, 4.69) is 40.3 Å². The van der Waals surface area contributed by atoms with Crippen molar-refractivity contribution in [2.45, 2.75) is 25.7 Å². The van der Waals surface area contributed by atoms with Gasteiger partial charge in [-0.3, -0.25) is 9.10 Å². The maximum absolute atomic E-state index is 13.4. The normalized spacial score (nSPS) is 11.6. The fraction of sp³-hybridized carbons (Fsp3) is 0.231. The number of ether oxygens (including phenoxy) is 1. The Kier molecular flexibility index (Phi) is 9.06. The van der Waals surface area contributed by atoms with Crippen molar-refractivity contribution in [2.75, 3.05) is 17.5 Å². The summed E-state index contributed by atoms with van der Waals surface area (Å²) in [6.45, 7) is 6.22. The first-order valence-electron chi connectivity index (χ1n) is 11.0. The zero-order valence-corrected chi connectivity index (χ0v) is 22.2. The van der Waals surface area contributed by atoms with Gasteiger partial charge < -0.3 is 4.74 Å². The largest absolute Gasteiger partial charge is 0.493 e. The van der Waals surface area contributed by atoms with E-state index >= 15 is 0 Å². The van der Waals surface area contributed by atoms with Crippen LogP contribution in [0.1, 0.15) is 25.0 Å². The number of nitrogens with one attached hydrogen (secondary N) is 1. The highest BCUT2D eigenvalue weighted by molar-refractivity contribution is 9.10. The molecule has 0 bridgehead atoms. The van der Waals surface area contributed by atoms with Crippen LogP contribution in [0.5, 0.6) is 5.75 Å². The number of aryl methyl sites for hydroxylation is 1. The smallest absolute Gasteiger partial charge is 0.264 e. The molecule has 0 unspecified atom stereocenters. The van der Waals surface area contributed by atoms with Gasteiger partial charge in [-0.15, -0.1) is 0 Å². The van der Waals surface area contributed by atoms with Gasteiger partial charge in [0.2, 0.25) is 0 Å². The van der Waals surface area contributed by atoms with Crippen molar-refractivity contribution in [1.82, 2.24) is 5.43 Å². The van der Waals surface area contributed by atoms with Crippen LogP contribution in [0.15, 0.2) is 87.3 Å². The summed E-state index contributed by atoms with van der Waals surface area (Å²) in [7, 11) is -3.99. The van der Waals surface area contributed by atoms with Crippen LogP contribution in [-0.2, 0) is 14.8 Å². The SMILES string of the molecule is Cc1ccc(S(=O)(=O)N(CC(=O)N/N=C\c2ccc(OCC(C)C)cc2)c2cccc(Br)c2)cc1. The second-order valence-corrected chi connectivity index (χ2v) is 11.1. The van der Waals surface area contributed by atoms with E-state index in [1.807, 2.05) is 31.2 Å². The van der Waals surface area contributed by atoms with E-state index < -0.39 is 22.5 Å². The number of rotatable bonds is 10. The molecule has 1 N–H and O–H groups in total. The van der Waals surface area contributed by atoms with Crippen molar-refractivity contribution in [3.63, 3.8) is 0 Å². The van der Waals surface area contributed by atoms with E-state index in [1.54, 1.807) is 36.4 Å². The third-order valence-electron chi connectivity index (χ3n) is 4.86. The minimum Gasteiger partial charge on any atom is -0.493 e. The minimum atomic E-state index is -3.99. The highest BCUT2D eigenvalue weighted by atomic mass is 79.9.